The predicted octanol–water partition coefficient (Wildman–Crippen LogP) is 4.36. The van der Waals surface area contributed by atoms with Crippen molar-refractivity contribution in [3.05, 3.63) is 59.3 Å². The topological polar surface area (TPSA) is 36.4 Å². The molecule has 136 valence electrons. The van der Waals surface area contributed by atoms with Gasteiger partial charge in [0, 0.05) is 31.4 Å². The number of nitrogens with zero attached hydrogens (tertiary/aromatic N) is 3. The fourth-order valence-electron chi connectivity index (χ4n) is 4.30. The molecule has 1 unspecified atom stereocenters. The van der Waals surface area contributed by atoms with Crippen LogP contribution in [-0.2, 0) is 0 Å². The van der Waals surface area contributed by atoms with Crippen molar-refractivity contribution in [2.24, 2.45) is 0 Å². The summed E-state index contributed by atoms with van der Waals surface area (Å²) < 4.78 is 0. The molecule has 0 saturated carbocycles. The van der Waals surface area contributed by atoms with Gasteiger partial charge in [-0.25, -0.2) is 4.98 Å². The minimum Gasteiger partial charge on any atom is -0.356 e. The number of benzene rings is 1. The van der Waals surface area contributed by atoms with E-state index in [4.69, 9.17) is 4.98 Å². The normalized spacial score (nSPS) is 20.4. The van der Waals surface area contributed by atoms with Gasteiger partial charge < -0.3 is 9.80 Å². The van der Waals surface area contributed by atoms with Crippen molar-refractivity contribution in [3.8, 4) is 0 Å². The van der Waals surface area contributed by atoms with Gasteiger partial charge >= 0.3 is 0 Å². The number of aromatic nitrogens is 1. The Bertz CT molecular complexity index is 768. The number of rotatable bonds is 3. The third-order valence-corrected chi connectivity index (χ3v) is 5.65. The van der Waals surface area contributed by atoms with Gasteiger partial charge in [0.2, 0.25) is 0 Å². The van der Waals surface area contributed by atoms with Crippen LogP contribution in [0.4, 0.5) is 5.82 Å². The van der Waals surface area contributed by atoms with Gasteiger partial charge in [-0.05, 0) is 68.4 Å². The summed E-state index contributed by atoms with van der Waals surface area (Å²) in [5.41, 5.74) is 3.18. The van der Waals surface area contributed by atoms with E-state index >= 15 is 0 Å². The maximum atomic E-state index is 13.0. The molecule has 0 bridgehead atoms. The lowest BCUT2D eigenvalue weighted by molar-refractivity contribution is 0.0611. The summed E-state index contributed by atoms with van der Waals surface area (Å²) in [6.45, 7) is 5.19. The molecule has 4 heteroatoms. The Balaban J connectivity index is 1.60. The third kappa shape index (κ3) is 3.33. The van der Waals surface area contributed by atoms with Crippen LogP contribution in [0, 0.1) is 6.92 Å². The maximum absolute atomic E-state index is 13.0. The van der Waals surface area contributed by atoms with E-state index < -0.39 is 0 Å². The molecule has 2 aliphatic rings. The van der Waals surface area contributed by atoms with E-state index in [-0.39, 0.29) is 11.9 Å². The van der Waals surface area contributed by atoms with Gasteiger partial charge in [0.25, 0.3) is 5.91 Å². The Kier molecular flexibility index (Phi) is 4.91. The SMILES string of the molecule is Cc1cc(C2CCCCN2C(=O)c2ccccc2)cnc1N1CCCC1. The van der Waals surface area contributed by atoms with E-state index in [1.807, 2.05) is 41.4 Å². The molecule has 2 fully saturated rings. The van der Waals surface area contributed by atoms with Crippen LogP contribution in [-0.4, -0.2) is 35.4 Å². The first-order valence-electron chi connectivity index (χ1n) is 9.81. The fraction of sp³-hybridized carbons (Fsp3) is 0.455. The molecule has 4 nitrogen and oxygen atoms in total. The van der Waals surface area contributed by atoms with Crippen LogP contribution in [0.5, 0.6) is 0 Å². The summed E-state index contributed by atoms with van der Waals surface area (Å²) in [4.78, 5) is 22.3. The van der Waals surface area contributed by atoms with E-state index in [2.05, 4.69) is 17.9 Å². The van der Waals surface area contributed by atoms with Gasteiger partial charge in [0.15, 0.2) is 0 Å². The van der Waals surface area contributed by atoms with Gasteiger partial charge in [-0.3, -0.25) is 4.79 Å². The summed E-state index contributed by atoms with van der Waals surface area (Å²) in [5, 5.41) is 0. The average molecular weight is 349 g/mol. The molecule has 1 aromatic heterocycles. The molecule has 4 rings (SSSR count). The second-order valence-corrected chi connectivity index (χ2v) is 7.48. The van der Waals surface area contributed by atoms with Crippen LogP contribution in [0.25, 0.3) is 0 Å². The summed E-state index contributed by atoms with van der Waals surface area (Å²) >= 11 is 0. The number of carbonyl (C=O) groups is 1. The highest BCUT2D eigenvalue weighted by Crippen LogP contribution is 2.34. The minimum absolute atomic E-state index is 0.135. The Labute approximate surface area is 155 Å². The maximum Gasteiger partial charge on any atom is 0.254 e. The summed E-state index contributed by atoms with van der Waals surface area (Å²) in [7, 11) is 0. The van der Waals surface area contributed by atoms with Gasteiger partial charge in [0.1, 0.15) is 5.82 Å². The lowest BCUT2D eigenvalue weighted by Gasteiger charge is -2.36. The Morgan fingerprint density at radius 3 is 2.50 bits per heavy atom. The predicted molar refractivity (Wildman–Crippen MR) is 104 cm³/mol. The number of hydrogen-bond acceptors (Lipinski definition) is 3. The molecule has 26 heavy (non-hydrogen) atoms. The molecule has 0 aliphatic carbocycles. The van der Waals surface area contributed by atoms with Crippen molar-refractivity contribution in [1.82, 2.24) is 9.88 Å². The Hall–Kier alpha value is -2.36. The van der Waals surface area contributed by atoms with Crippen molar-refractivity contribution < 1.29 is 4.79 Å². The van der Waals surface area contributed by atoms with Crippen LogP contribution < -0.4 is 4.90 Å². The van der Waals surface area contributed by atoms with Gasteiger partial charge in [0.05, 0.1) is 6.04 Å². The Morgan fingerprint density at radius 1 is 1.04 bits per heavy atom. The van der Waals surface area contributed by atoms with Crippen molar-refractivity contribution >= 4 is 11.7 Å². The highest BCUT2D eigenvalue weighted by molar-refractivity contribution is 5.94. The lowest BCUT2D eigenvalue weighted by atomic mass is 9.94. The standard InChI is InChI=1S/C22H27N3O/c1-17-15-19(16-23-21(17)24-12-7-8-13-24)20-11-5-6-14-25(20)22(26)18-9-3-2-4-10-18/h2-4,9-10,15-16,20H,5-8,11-14H2,1H3. The zero-order valence-corrected chi connectivity index (χ0v) is 15.5. The van der Waals surface area contributed by atoms with Crippen molar-refractivity contribution in [2.45, 2.75) is 45.1 Å². The molecule has 0 radical (unpaired) electrons. The molecular weight excluding hydrogens is 322 g/mol. The van der Waals surface area contributed by atoms with Gasteiger partial charge in [-0.2, -0.15) is 0 Å². The quantitative estimate of drug-likeness (QED) is 0.826. The molecule has 3 heterocycles. The lowest BCUT2D eigenvalue weighted by Crippen LogP contribution is -2.38. The van der Waals surface area contributed by atoms with Gasteiger partial charge in [-0.1, -0.05) is 18.2 Å². The number of amides is 1. The first-order valence-corrected chi connectivity index (χ1v) is 9.81. The van der Waals surface area contributed by atoms with E-state index in [0.29, 0.717) is 0 Å². The van der Waals surface area contributed by atoms with Crippen molar-refractivity contribution in [1.29, 1.82) is 0 Å². The second kappa shape index (κ2) is 7.48. The number of aryl methyl sites for hydroxylation is 1. The van der Waals surface area contributed by atoms with Gasteiger partial charge in [-0.15, -0.1) is 0 Å². The van der Waals surface area contributed by atoms with Crippen LogP contribution in [0.1, 0.15) is 59.6 Å². The first kappa shape index (κ1) is 17.1. The molecule has 2 saturated heterocycles. The van der Waals surface area contributed by atoms with Crippen LogP contribution in [0.3, 0.4) is 0 Å². The number of carbonyl (C=O) groups excluding carboxylic acids is 1. The molecule has 1 aromatic carbocycles. The van der Waals surface area contributed by atoms with E-state index in [1.165, 1.54) is 24.0 Å². The zero-order valence-electron chi connectivity index (χ0n) is 15.5. The molecule has 2 aliphatic heterocycles. The first-order chi connectivity index (χ1) is 12.7. The largest absolute Gasteiger partial charge is 0.356 e. The highest BCUT2D eigenvalue weighted by Gasteiger charge is 2.29. The van der Waals surface area contributed by atoms with Crippen molar-refractivity contribution in [2.75, 3.05) is 24.5 Å². The molecule has 1 atom stereocenters. The summed E-state index contributed by atoms with van der Waals surface area (Å²) in [6, 6.07) is 12.0. The second-order valence-electron chi connectivity index (χ2n) is 7.48. The van der Waals surface area contributed by atoms with Crippen LogP contribution in [0.15, 0.2) is 42.6 Å². The molecule has 0 N–H and O–H groups in total. The smallest absolute Gasteiger partial charge is 0.254 e. The molecular formula is C22H27N3O. The summed E-state index contributed by atoms with van der Waals surface area (Å²) in [6.07, 6.45) is 7.77. The van der Waals surface area contributed by atoms with Crippen molar-refractivity contribution in [3.63, 3.8) is 0 Å². The molecule has 2 aromatic rings. The van der Waals surface area contributed by atoms with Crippen LogP contribution in [0.2, 0.25) is 0 Å². The molecule has 0 spiro atoms. The highest BCUT2D eigenvalue weighted by atomic mass is 16.2. The zero-order chi connectivity index (χ0) is 17.9. The third-order valence-electron chi connectivity index (χ3n) is 5.65. The molecule has 1 amide bonds. The number of likely N-dealkylation sites (tertiary alicyclic amines) is 1. The van der Waals surface area contributed by atoms with E-state index in [1.54, 1.807) is 0 Å². The number of hydrogen-bond donors (Lipinski definition) is 0. The number of pyridine rings is 1. The summed E-state index contributed by atoms with van der Waals surface area (Å²) in [5.74, 6) is 1.25. The van der Waals surface area contributed by atoms with E-state index in [0.717, 1.165) is 50.3 Å². The Morgan fingerprint density at radius 2 is 1.77 bits per heavy atom. The fourth-order valence-corrected chi connectivity index (χ4v) is 4.30. The monoisotopic (exact) mass is 349 g/mol. The van der Waals surface area contributed by atoms with E-state index in [9.17, 15) is 4.79 Å². The average Bonchev–Trinajstić information content (AvgIpc) is 3.22. The minimum atomic E-state index is 0.135. The number of anilines is 1. The number of piperidine rings is 1. The van der Waals surface area contributed by atoms with Crippen LogP contribution >= 0.6 is 0 Å².